The van der Waals surface area contributed by atoms with Crippen LogP contribution in [0.15, 0.2) is 60.2 Å². The van der Waals surface area contributed by atoms with E-state index in [9.17, 15) is 24.6 Å². The molecule has 270 valence electrons. The van der Waals surface area contributed by atoms with Crippen molar-refractivity contribution in [3.8, 4) is 17.6 Å². The predicted octanol–water partition coefficient (Wildman–Crippen LogP) is 10.3. The Morgan fingerprint density at radius 2 is 1.30 bits per heavy atom. The van der Waals surface area contributed by atoms with E-state index in [1.807, 2.05) is 90.1 Å². The summed E-state index contributed by atoms with van der Waals surface area (Å²) in [5.74, 6) is -1.10. The summed E-state index contributed by atoms with van der Waals surface area (Å²) in [6.07, 6.45) is 1.61. The molecule has 50 heavy (non-hydrogen) atoms. The topological polar surface area (TPSA) is 127 Å². The van der Waals surface area contributed by atoms with Crippen LogP contribution in [0.2, 0.25) is 0 Å². The molecule has 7 nitrogen and oxygen atoms in total. The number of hydrogen-bond acceptors (Lipinski definition) is 6. The number of benzene rings is 3. The largest absolute Gasteiger partial charge is 0.507 e. The number of rotatable bonds is 9. The van der Waals surface area contributed by atoms with Gasteiger partial charge in [0.15, 0.2) is 11.6 Å². The average molecular weight is 683 g/mol. The second kappa shape index (κ2) is 18.3. The number of phenolic OH excluding ortho intramolecular Hbond substituents is 2. The number of Topliss-reactive ketones (excluding diaryl/α,β-unsaturated/α-hetero) is 2. The van der Waals surface area contributed by atoms with Gasteiger partial charge in [-0.05, 0) is 97.5 Å². The lowest BCUT2D eigenvalue weighted by Crippen LogP contribution is -2.27. The number of carbonyl (C=O) groups excluding carboxylic acids is 3. The number of phenols is 2. The van der Waals surface area contributed by atoms with E-state index in [0.29, 0.717) is 5.56 Å². The Morgan fingerprint density at radius 1 is 0.800 bits per heavy atom. The maximum Gasteiger partial charge on any atom is 0.241 e. The monoisotopic (exact) mass is 682 g/mol. The van der Waals surface area contributed by atoms with E-state index in [0.717, 1.165) is 33.5 Å². The van der Waals surface area contributed by atoms with Crippen molar-refractivity contribution >= 4 is 29.2 Å². The predicted molar refractivity (Wildman–Crippen MR) is 206 cm³/mol. The van der Waals surface area contributed by atoms with Crippen LogP contribution in [0.5, 0.6) is 11.5 Å². The van der Waals surface area contributed by atoms with Crippen LogP contribution >= 0.6 is 0 Å². The number of aromatic hydroxyl groups is 2. The number of hydrogen-bond donors (Lipinski definition) is 3. The molecule has 0 heterocycles. The number of anilines is 1. The quantitative estimate of drug-likeness (QED) is 0.117. The molecule has 0 aliphatic heterocycles. The first-order chi connectivity index (χ1) is 23.1. The number of nitriles is 1. The zero-order valence-corrected chi connectivity index (χ0v) is 32.6. The van der Waals surface area contributed by atoms with E-state index >= 15 is 0 Å². The lowest BCUT2D eigenvalue weighted by Gasteiger charge is -2.36. The summed E-state index contributed by atoms with van der Waals surface area (Å²) in [6.45, 7) is 26.8. The SMILES string of the molecule is CC.CC(=O)C(=Cc1cc(C(C)C)c(O)c(C(C)C(C)(C)c2cc(C)cc(C(C)(C)C)c2O)c1)C(C)=O.CC(C#N)C(=O)Nc1ccccc1. The standard InChI is InChI=1S/C31H42O4.C10H10N2O.C2H6/c1-17(2)23-14-22(16-25(20(5)32)21(6)33)15-24(28(23)34)19(4)31(10,11)27-13-18(3)12-26(29(27)35)30(7,8)9;1-8(7-11)10(13)12-9-5-3-2-4-6-9;1-2/h12-17,19,34-35H,1-11H3;2-6,8H,1H3,(H,12,13);1-2H3. The zero-order chi connectivity index (χ0) is 38.7. The van der Waals surface area contributed by atoms with Gasteiger partial charge in [0.25, 0.3) is 0 Å². The van der Waals surface area contributed by atoms with Crippen molar-refractivity contribution in [2.75, 3.05) is 5.32 Å². The van der Waals surface area contributed by atoms with Gasteiger partial charge in [0.2, 0.25) is 5.91 Å². The Hall–Kier alpha value is -4.70. The van der Waals surface area contributed by atoms with Gasteiger partial charge in [-0.25, -0.2) is 0 Å². The van der Waals surface area contributed by atoms with Gasteiger partial charge >= 0.3 is 0 Å². The maximum atomic E-state index is 12.1. The highest BCUT2D eigenvalue weighted by Gasteiger charge is 2.36. The van der Waals surface area contributed by atoms with Crippen LogP contribution in [0, 0.1) is 24.2 Å². The zero-order valence-electron chi connectivity index (χ0n) is 32.6. The smallest absolute Gasteiger partial charge is 0.241 e. The Labute approximate surface area is 300 Å². The van der Waals surface area contributed by atoms with Gasteiger partial charge in [-0.15, -0.1) is 0 Å². The van der Waals surface area contributed by atoms with Gasteiger partial charge in [-0.3, -0.25) is 14.4 Å². The highest BCUT2D eigenvalue weighted by atomic mass is 16.3. The van der Waals surface area contributed by atoms with Crippen LogP contribution in [-0.4, -0.2) is 27.7 Å². The van der Waals surface area contributed by atoms with Crippen molar-refractivity contribution in [1.29, 1.82) is 5.26 Å². The molecule has 3 aromatic carbocycles. The molecule has 0 bridgehead atoms. The number of aryl methyl sites for hydroxylation is 1. The lowest BCUT2D eigenvalue weighted by molar-refractivity contribution is -0.119. The minimum absolute atomic E-state index is 0.0374. The Morgan fingerprint density at radius 3 is 1.76 bits per heavy atom. The van der Waals surface area contributed by atoms with E-state index in [2.05, 4.69) is 39.9 Å². The summed E-state index contributed by atoms with van der Waals surface area (Å²) in [5, 5.41) is 33.8. The van der Waals surface area contributed by atoms with Crippen LogP contribution in [-0.2, 0) is 25.2 Å². The van der Waals surface area contributed by atoms with E-state index in [4.69, 9.17) is 5.26 Å². The molecule has 0 radical (unpaired) electrons. The first kappa shape index (κ1) is 43.3. The van der Waals surface area contributed by atoms with E-state index < -0.39 is 11.3 Å². The van der Waals surface area contributed by atoms with Crippen LogP contribution in [0.25, 0.3) is 6.08 Å². The van der Waals surface area contributed by atoms with Gasteiger partial charge in [-0.2, -0.15) is 5.26 Å². The first-order valence-electron chi connectivity index (χ1n) is 17.3. The number of amides is 1. The van der Waals surface area contributed by atoms with Gasteiger partial charge in [-0.1, -0.05) is 105 Å². The molecule has 3 N–H and O–H groups in total. The van der Waals surface area contributed by atoms with Crippen molar-refractivity contribution in [2.24, 2.45) is 5.92 Å². The van der Waals surface area contributed by atoms with Gasteiger partial charge in [0, 0.05) is 16.7 Å². The molecule has 0 spiro atoms. The average Bonchev–Trinajstić information content (AvgIpc) is 3.04. The molecule has 3 rings (SSSR count). The molecule has 7 heteroatoms. The second-order valence-electron chi connectivity index (χ2n) is 14.5. The first-order valence-corrected chi connectivity index (χ1v) is 17.3. The van der Waals surface area contributed by atoms with E-state index in [-0.39, 0.29) is 51.8 Å². The molecule has 2 unspecified atom stereocenters. The van der Waals surface area contributed by atoms with Crippen molar-refractivity contribution in [3.63, 3.8) is 0 Å². The number of nitrogens with zero attached hydrogens (tertiary/aromatic N) is 1. The number of nitrogens with one attached hydrogen (secondary N) is 1. The molecule has 0 aliphatic carbocycles. The summed E-state index contributed by atoms with van der Waals surface area (Å²) in [4.78, 5) is 35.3. The molecule has 1 amide bonds. The maximum absolute atomic E-state index is 12.1. The highest BCUT2D eigenvalue weighted by Crippen LogP contribution is 2.48. The molecule has 0 aromatic heterocycles. The van der Waals surface area contributed by atoms with Gasteiger partial charge in [0.1, 0.15) is 17.4 Å². The fourth-order valence-corrected chi connectivity index (χ4v) is 5.47. The molecule has 0 fully saturated rings. The summed E-state index contributed by atoms with van der Waals surface area (Å²) in [7, 11) is 0. The minimum Gasteiger partial charge on any atom is -0.507 e. The minimum atomic E-state index is -0.611. The second-order valence-corrected chi connectivity index (χ2v) is 14.5. The number of allylic oxidation sites excluding steroid dienone is 1. The normalized spacial score (nSPS) is 12.2. The fourth-order valence-electron chi connectivity index (χ4n) is 5.47. The molecule has 0 saturated heterocycles. The summed E-state index contributed by atoms with van der Waals surface area (Å²) < 4.78 is 0. The third kappa shape index (κ3) is 11.2. The summed E-state index contributed by atoms with van der Waals surface area (Å²) >= 11 is 0. The van der Waals surface area contributed by atoms with Crippen molar-refractivity contribution in [1.82, 2.24) is 0 Å². The third-order valence-corrected chi connectivity index (χ3v) is 8.82. The summed E-state index contributed by atoms with van der Waals surface area (Å²) in [5.41, 5.74) is 5.06. The molecule has 0 saturated carbocycles. The molecule has 0 aliphatic rings. The van der Waals surface area contributed by atoms with Gasteiger partial charge in [0.05, 0.1) is 11.6 Å². The van der Waals surface area contributed by atoms with Gasteiger partial charge < -0.3 is 15.5 Å². The number of para-hydroxylation sites is 1. The molecule has 2 atom stereocenters. The van der Waals surface area contributed by atoms with Crippen molar-refractivity contribution in [3.05, 3.63) is 93.6 Å². The third-order valence-electron chi connectivity index (χ3n) is 8.82. The Balaban J connectivity index is 0.000000693. The van der Waals surface area contributed by atoms with Crippen molar-refractivity contribution in [2.45, 2.75) is 120 Å². The molecular weight excluding hydrogens is 624 g/mol. The fraction of sp³-hybridized carbons (Fsp3) is 0.442. The van der Waals surface area contributed by atoms with Crippen LogP contribution in [0.3, 0.4) is 0 Å². The van der Waals surface area contributed by atoms with E-state index in [1.165, 1.54) is 13.8 Å². The summed E-state index contributed by atoms with van der Waals surface area (Å²) in [6, 6.07) is 18.7. The van der Waals surface area contributed by atoms with Crippen LogP contribution in [0.1, 0.15) is 135 Å². The van der Waals surface area contributed by atoms with Crippen molar-refractivity contribution < 1.29 is 24.6 Å². The molecule has 3 aromatic rings. The molecular formula is C43H58N2O5. The van der Waals surface area contributed by atoms with E-state index in [1.54, 1.807) is 25.1 Å². The lowest BCUT2D eigenvalue weighted by atomic mass is 9.68. The Bertz CT molecular complexity index is 1700. The number of carbonyl (C=O) groups is 3. The van der Waals surface area contributed by atoms with Crippen LogP contribution in [0.4, 0.5) is 5.69 Å². The number of ketones is 2. The highest BCUT2D eigenvalue weighted by molar-refractivity contribution is 6.21. The Kier molecular flexibility index (Phi) is 15.9. The van der Waals surface area contributed by atoms with Crippen LogP contribution < -0.4 is 5.32 Å².